The van der Waals surface area contributed by atoms with Gasteiger partial charge in [0.05, 0.1) is 0 Å². The monoisotopic (exact) mass is 284 g/mol. The average Bonchev–Trinajstić information content (AvgIpc) is 2.26. The fourth-order valence-corrected chi connectivity index (χ4v) is 2.13. The lowest BCUT2D eigenvalue weighted by molar-refractivity contribution is 0.251. The average molecular weight is 285 g/mol. The first-order valence-electron chi connectivity index (χ1n) is 5.78. The SMILES string of the molecule is CC(CCN)N(C)CCc1cccc(Br)c1. The highest BCUT2D eigenvalue weighted by Gasteiger charge is 2.07. The quantitative estimate of drug-likeness (QED) is 0.870. The molecule has 1 rings (SSSR count). The number of nitrogens with zero attached hydrogens (tertiary/aromatic N) is 1. The van der Waals surface area contributed by atoms with Gasteiger partial charge in [0.25, 0.3) is 0 Å². The van der Waals surface area contributed by atoms with Crippen LogP contribution in [0.5, 0.6) is 0 Å². The van der Waals surface area contributed by atoms with Gasteiger partial charge in [0.2, 0.25) is 0 Å². The molecule has 0 aliphatic heterocycles. The van der Waals surface area contributed by atoms with Crippen molar-refractivity contribution in [3.8, 4) is 0 Å². The Balaban J connectivity index is 2.39. The molecule has 2 N–H and O–H groups in total. The highest BCUT2D eigenvalue weighted by atomic mass is 79.9. The molecule has 0 saturated carbocycles. The normalized spacial score (nSPS) is 13.1. The molecule has 1 atom stereocenters. The summed E-state index contributed by atoms with van der Waals surface area (Å²) in [6.07, 6.45) is 2.15. The summed E-state index contributed by atoms with van der Waals surface area (Å²) < 4.78 is 1.16. The van der Waals surface area contributed by atoms with E-state index in [2.05, 4.69) is 59.1 Å². The molecule has 0 fully saturated rings. The molecule has 0 radical (unpaired) electrons. The Labute approximate surface area is 107 Å². The molecular weight excluding hydrogens is 264 g/mol. The molecule has 90 valence electrons. The maximum atomic E-state index is 5.56. The van der Waals surface area contributed by atoms with Crippen LogP contribution >= 0.6 is 15.9 Å². The summed E-state index contributed by atoms with van der Waals surface area (Å²) in [5, 5.41) is 0. The van der Waals surface area contributed by atoms with E-state index < -0.39 is 0 Å². The Morgan fingerprint density at radius 3 is 2.81 bits per heavy atom. The summed E-state index contributed by atoms with van der Waals surface area (Å²) in [4.78, 5) is 2.37. The van der Waals surface area contributed by atoms with Gasteiger partial charge in [-0.25, -0.2) is 0 Å². The maximum absolute atomic E-state index is 5.56. The van der Waals surface area contributed by atoms with Crippen LogP contribution in [0.25, 0.3) is 0 Å². The molecule has 0 aliphatic rings. The maximum Gasteiger partial charge on any atom is 0.0178 e. The van der Waals surface area contributed by atoms with Gasteiger partial charge in [-0.2, -0.15) is 0 Å². The Morgan fingerprint density at radius 1 is 1.44 bits per heavy atom. The lowest BCUT2D eigenvalue weighted by Crippen LogP contribution is -2.32. The summed E-state index contributed by atoms with van der Waals surface area (Å²) in [6.45, 7) is 4.08. The molecule has 0 heterocycles. The first-order chi connectivity index (χ1) is 7.63. The highest BCUT2D eigenvalue weighted by molar-refractivity contribution is 9.10. The number of nitrogens with two attached hydrogens (primary N) is 1. The second kappa shape index (κ2) is 7.05. The smallest absolute Gasteiger partial charge is 0.0178 e. The summed E-state index contributed by atoms with van der Waals surface area (Å²) in [5.74, 6) is 0. The molecular formula is C13H21BrN2. The van der Waals surface area contributed by atoms with Gasteiger partial charge < -0.3 is 10.6 Å². The standard InChI is InChI=1S/C13H21BrN2/c1-11(6-8-15)16(2)9-7-12-4-3-5-13(14)10-12/h3-5,10-11H,6-9,15H2,1-2H3. The molecule has 0 bridgehead atoms. The van der Waals surface area contributed by atoms with Crippen molar-refractivity contribution in [3.63, 3.8) is 0 Å². The first-order valence-corrected chi connectivity index (χ1v) is 6.57. The van der Waals surface area contributed by atoms with Crippen molar-refractivity contribution in [3.05, 3.63) is 34.3 Å². The van der Waals surface area contributed by atoms with Crippen LogP contribution in [0.15, 0.2) is 28.7 Å². The van der Waals surface area contributed by atoms with E-state index in [4.69, 9.17) is 5.73 Å². The predicted octanol–water partition coefficient (Wildman–Crippen LogP) is 2.66. The van der Waals surface area contributed by atoms with Gasteiger partial charge in [-0.05, 0) is 51.1 Å². The highest BCUT2D eigenvalue weighted by Crippen LogP contribution is 2.12. The van der Waals surface area contributed by atoms with Crippen LogP contribution < -0.4 is 5.73 Å². The number of halogens is 1. The minimum absolute atomic E-state index is 0.567. The van der Waals surface area contributed by atoms with Crippen LogP contribution in [0.4, 0.5) is 0 Å². The van der Waals surface area contributed by atoms with Crippen molar-refractivity contribution >= 4 is 15.9 Å². The number of hydrogen-bond donors (Lipinski definition) is 1. The van der Waals surface area contributed by atoms with Crippen LogP contribution in [0, 0.1) is 0 Å². The Bertz CT molecular complexity index is 315. The van der Waals surface area contributed by atoms with Crippen molar-refractivity contribution in [2.45, 2.75) is 25.8 Å². The first kappa shape index (κ1) is 13.7. The molecule has 0 aromatic heterocycles. The van der Waals surface area contributed by atoms with Crippen LogP contribution in [0.3, 0.4) is 0 Å². The van der Waals surface area contributed by atoms with Crippen molar-refractivity contribution in [1.82, 2.24) is 4.90 Å². The van der Waals surface area contributed by atoms with Gasteiger partial charge in [0.1, 0.15) is 0 Å². The zero-order valence-electron chi connectivity index (χ0n) is 10.1. The zero-order valence-corrected chi connectivity index (χ0v) is 11.7. The van der Waals surface area contributed by atoms with E-state index in [-0.39, 0.29) is 0 Å². The predicted molar refractivity (Wildman–Crippen MR) is 73.6 cm³/mol. The van der Waals surface area contributed by atoms with E-state index in [1.807, 2.05) is 0 Å². The molecule has 0 spiro atoms. The third-order valence-electron chi connectivity index (χ3n) is 2.98. The van der Waals surface area contributed by atoms with Crippen molar-refractivity contribution < 1.29 is 0 Å². The van der Waals surface area contributed by atoms with E-state index in [1.165, 1.54) is 5.56 Å². The van der Waals surface area contributed by atoms with E-state index in [0.29, 0.717) is 6.04 Å². The number of likely N-dealkylation sites (N-methyl/N-ethyl adjacent to an activating group) is 1. The molecule has 2 nitrogen and oxygen atoms in total. The summed E-state index contributed by atoms with van der Waals surface area (Å²) in [7, 11) is 2.16. The molecule has 0 saturated heterocycles. The minimum atomic E-state index is 0.567. The summed E-state index contributed by atoms with van der Waals surface area (Å²) in [5.41, 5.74) is 6.94. The third-order valence-corrected chi connectivity index (χ3v) is 3.47. The van der Waals surface area contributed by atoms with Crippen LogP contribution in [-0.4, -0.2) is 31.1 Å². The third kappa shape index (κ3) is 4.64. The van der Waals surface area contributed by atoms with Crippen LogP contribution in [-0.2, 0) is 6.42 Å². The van der Waals surface area contributed by atoms with Crippen LogP contribution in [0.2, 0.25) is 0 Å². The fraction of sp³-hybridized carbons (Fsp3) is 0.538. The molecule has 0 amide bonds. The van der Waals surface area contributed by atoms with Gasteiger partial charge in [-0.3, -0.25) is 0 Å². The number of rotatable bonds is 6. The second-order valence-corrected chi connectivity index (χ2v) is 5.20. The summed E-state index contributed by atoms with van der Waals surface area (Å²) >= 11 is 3.49. The van der Waals surface area contributed by atoms with Gasteiger partial charge in [-0.15, -0.1) is 0 Å². The molecule has 1 aromatic carbocycles. The fourth-order valence-electron chi connectivity index (χ4n) is 1.68. The molecule has 3 heteroatoms. The van der Waals surface area contributed by atoms with Crippen molar-refractivity contribution in [1.29, 1.82) is 0 Å². The minimum Gasteiger partial charge on any atom is -0.330 e. The Kier molecular flexibility index (Phi) is 6.03. The largest absolute Gasteiger partial charge is 0.330 e. The lowest BCUT2D eigenvalue weighted by Gasteiger charge is -2.24. The molecule has 1 unspecified atom stereocenters. The van der Waals surface area contributed by atoms with Gasteiger partial charge in [0.15, 0.2) is 0 Å². The van der Waals surface area contributed by atoms with Crippen molar-refractivity contribution in [2.75, 3.05) is 20.1 Å². The Morgan fingerprint density at radius 2 is 2.19 bits per heavy atom. The van der Waals surface area contributed by atoms with Gasteiger partial charge in [-0.1, -0.05) is 28.1 Å². The van der Waals surface area contributed by atoms with E-state index in [1.54, 1.807) is 0 Å². The lowest BCUT2D eigenvalue weighted by atomic mass is 10.1. The topological polar surface area (TPSA) is 29.3 Å². The number of hydrogen-bond acceptors (Lipinski definition) is 2. The van der Waals surface area contributed by atoms with Crippen LogP contribution in [0.1, 0.15) is 18.9 Å². The molecule has 0 aliphatic carbocycles. The zero-order chi connectivity index (χ0) is 12.0. The van der Waals surface area contributed by atoms with Gasteiger partial charge >= 0.3 is 0 Å². The number of benzene rings is 1. The van der Waals surface area contributed by atoms with Crippen molar-refractivity contribution in [2.24, 2.45) is 5.73 Å². The van der Waals surface area contributed by atoms with Gasteiger partial charge in [0, 0.05) is 17.1 Å². The van der Waals surface area contributed by atoms with E-state index in [9.17, 15) is 0 Å². The molecule has 16 heavy (non-hydrogen) atoms. The Hall–Kier alpha value is -0.380. The second-order valence-electron chi connectivity index (χ2n) is 4.29. The molecule has 1 aromatic rings. The summed E-state index contributed by atoms with van der Waals surface area (Å²) in [6, 6.07) is 9.07. The van der Waals surface area contributed by atoms with E-state index in [0.717, 1.165) is 30.4 Å². The van der Waals surface area contributed by atoms with E-state index >= 15 is 0 Å².